The molecule has 38 heavy (non-hydrogen) atoms. The molecule has 0 spiro atoms. The summed E-state index contributed by atoms with van der Waals surface area (Å²) >= 11 is 0. The van der Waals surface area contributed by atoms with Crippen LogP contribution in [0.1, 0.15) is 181 Å². The summed E-state index contributed by atoms with van der Waals surface area (Å²) in [6.07, 6.45) is 34.7. The van der Waals surface area contributed by atoms with Gasteiger partial charge in [0.05, 0.1) is 6.61 Å². The van der Waals surface area contributed by atoms with E-state index in [1.807, 2.05) is 0 Å². The molecule has 0 radical (unpaired) electrons. The molecule has 2 N–H and O–H groups in total. The highest BCUT2D eigenvalue weighted by atomic mass is 31.2. The Bertz CT molecular complexity index is 480. The molecule has 0 atom stereocenters. The largest absolute Gasteiger partial charge is 0.469 e. The molecule has 5 nitrogen and oxygen atoms in total. The van der Waals surface area contributed by atoms with E-state index in [0.717, 1.165) is 19.3 Å². The van der Waals surface area contributed by atoms with Crippen molar-refractivity contribution < 1.29 is 18.9 Å². The Morgan fingerprint density at radius 1 is 0.447 bits per heavy atom. The van der Waals surface area contributed by atoms with Gasteiger partial charge in [-0.2, -0.15) is 0 Å². The van der Waals surface area contributed by atoms with Crippen LogP contribution >= 0.6 is 7.82 Å². The topological polar surface area (TPSA) is 70.0 Å². The second-order valence-corrected chi connectivity index (χ2v) is 12.9. The van der Waals surface area contributed by atoms with E-state index < -0.39 is 7.82 Å². The second kappa shape index (κ2) is 30.0. The minimum Gasteiger partial charge on any atom is -0.303 e. The van der Waals surface area contributed by atoms with Gasteiger partial charge >= 0.3 is 7.82 Å². The third-order valence-corrected chi connectivity index (χ3v) is 8.30. The van der Waals surface area contributed by atoms with Crippen LogP contribution in [0.3, 0.4) is 0 Å². The lowest BCUT2D eigenvalue weighted by molar-refractivity contribution is 0.193. The van der Waals surface area contributed by atoms with E-state index in [2.05, 4.69) is 23.3 Å². The molecule has 0 saturated heterocycles. The molecule has 0 unspecified atom stereocenters. The van der Waals surface area contributed by atoms with E-state index in [0.29, 0.717) is 0 Å². The summed E-state index contributed by atoms with van der Waals surface area (Å²) in [7, 11) is -4.28. The Labute approximate surface area is 238 Å². The van der Waals surface area contributed by atoms with E-state index in [4.69, 9.17) is 9.79 Å². The third kappa shape index (κ3) is 32.3. The van der Waals surface area contributed by atoms with E-state index in [9.17, 15) is 4.57 Å². The minimum absolute atomic E-state index is 0.166. The molecular weight excluding hydrogens is 493 g/mol. The van der Waals surface area contributed by atoms with E-state index >= 15 is 0 Å². The molecule has 0 saturated carbocycles. The predicted octanol–water partition coefficient (Wildman–Crippen LogP) is 10.6. The summed E-state index contributed by atoms with van der Waals surface area (Å²) in [5.74, 6) is 0. The smallest absolute Gasteiger partial charge is 0.303 e. The fraction of sp³-hybridized carbons (Fsp3) is 1.00. The highest BCUT2D eigenvalue weighted by molar-refractivity contribution is 7.46. The highest BCUT2D eigenvalue weighted by Gasteiger charge is 2.12. The Morgan fingerprint density at radius 2 is 0.711 bits per heavy atom. The first-order valence-corrected chi connectivity index (χ1v) is 18.4. The van der Waals surface area contributed by atoms with Gasteiger partial charge in [-0.1, -0.05) is 155 Å². The summed E-state index contributed by atoms with van der Waals surface area (Å²) in [4.78, 5) is 20.1. The van der Waals surface area contributed by atoms with Crippen LogP contribution in [0.5, 0.6) is 0 Å². The first-order chi connectivity index (χ1) is 18.5. The quantitative estimate of drug-likeness (QED) is 0.0631. The van der Waals surface area contributed by atoms with Gasteiger partial charge in [-0.25, -0.2) is 4.57 Å². The number of rotatable bonds is 32. The molecule has 0 rings (SSSR count). The number of phosphoric ester groups is 1. The average Bonchev–Trinajstić information content (AvgIpc) is 2.88. The van der Waals surface area contributed by atoms with Crippen LogP contribution in [-0.4, -0.2) is 40.9 Å². The Hall–Kier alpha value is 0.0700. The highest BCUT2D eigenvalue weighted by Crippen LogP contribution is 2.35. The third-order valence-electron chi connectivity index (χ3n) is 7.78. The molecular formula is C32H68NO4P. The van der Waals surface area contributed by atoms with Gasteiger partial charge in [-0.3, -0.25) is 4.52 Å². The molecule has 0 aromatic heterocycles. The number of hydrogen-bond donors (Lipinski definition) is 2. The summed E-state index contributed by atoms with van der Waals surface area (Å²) in [5.41, 5.74) is 0. The van der Waals surface area contributed by atoms with Crippen molar-refractivity contribution in [2.24, 2.45) is 0 Å². The van der Waals surface area contributed by atoms with Gasteiger partial charge in [0.2, 0.25) is 0 Å². The Morgan fingerprint density at radius 3 is 1.00 bits per heavy atom. The van der Waals surface area contributed by atoms with Crippen molar-refractivity contribution in [1.29, 1.82) is 0 Å². The van der Waals surface area contributed by atoms with Gasteiger partial charge in [0.15, 0.2) is 0 Å². The van der Waals surface area contributed by atoms with Crippen molar-refractivity contribution >= 4 is 7.82 Å². The number of hydrogen-bond acceptors (Lipinski definition) is 3. The summed E-state index contributed by atoms with van der Waals surface area (Å²) in [5, 5.41) is 0. The zero-order valence-corrected chi connectivity index (χ0v) is 26.7. The molecule has 0 heterocycles. The fourth-order valence-electron chi connectivity index (χ4n) is 5.31. The molecule has 0 fully saturated rings. The van der Waals surface area contributed by atoms with Crippen LogP contribution in [0.2, 0.25) is 0 Å². The molecule has 0 aliphatic rings. The van der Waals surface area contributed by atoms with Crippen molar-refractivity contribution in [1.82, 2.24) is 4.90 Å². The summed E-state index contributed by atoms with van der Waals surface area (Å²) in [6, 6.07) is 0. The normalized spacial score (nSPS) is 12.1. The average molecular weight is 562 g/mol. The van der Waals surface area contributed by atoms with Crippen molar-refractivity contribution in [3.8, 4) is 0 Å². The van der Waals surface area contributed by atoms with Crippen molar-refractivity contribution in [3.63, 3.8) is 0 Å². The second-order valence-electron chi connectivity index (χ2n) is 11.7. The van der Waals surface area contributed by atoms with Crippen molar-refractivity contribution in [3.05, 3.63) is 0 Å². The molecule has 230 valence electrons. The van der Waals surface area contributed by atoms with Crippen molar-refractivity contribution in [2.45, 2.75) is 181 Å². The maximum absolute atomic E-state index is 10.6. The summed E-state index contributed by atoms with van der Waals surface area (Å²) < 4.78 is 15.1. The monoisotopic (exact) mass is 561 g/mol. The SMILES string of the molecule is CCCCCCCCCCN(CCCCCCCCCC)CCCCCCCCCCCCOP(=O)(O)O. The van der Waals surface area contributed by atoms with Gasteiger partial charge < -0.3 is 14.7 Å². The van der Waals surface area contributed by atoms with Crippen LogP contribution in [-0.2, 0) is 9.09 Å². The van der Waals surface area contributed by atoms with Gasteiger partial charge in [0.25, 0.3) is 0 Å². The van der Waals surface area contributed by atoms with Gasteiger partial charge in [0, 0.05) is 0 Å². The lowest BCUT2D eigenvalue weighted by atomic mass is 10.1. The van der Waals surface area contributed by atoms with Gasteiger partial charge in [-0.05, 0) is 45.3 Å². The van der Waals surface area contributed by atoms with E-state index in [1.165, 1.54) is 167 Å². The number of phosphoric acid groups is 1. The first kappa shape index (κ1) is 38.1. The zero-order chi connectivity index (χ0) is 28.0. The molecule has 0 aliphatic heterocycles. The van der Waals surface area contributed by atoms with E-state index in [1.54, 1.807) is 0 Å². The predicted molar refractivity (Wildman–Crippen MR) is 166 cm³/mol. The van der Waals surface area contributed by atoms with Crippen LogP contribution in [0, 0.1) is 0 Å². The summed E-state index contributed by atoms with van der Waals surface area (Å²) in [6.45, 7) is 8.67. The molecule has 0 aliphatic carbocycles. The lowest BCUT2D eigenvalue weighted by Crippen LogP contribution is -2.27. The van der Waals surface area contributed by atoms with Crippen LogP contribution < -0.4 is 0 Å². The molecule has 0 bridgehead atoms. The standard InChI is InChI=1S/C32H68NO4P/c1-3-5-7-9-11-17-21-25-29-33(30-26-22-18-12-10-8-6-4-2)31-27-23-19-15-13-14-16-20-24-28-32-37-38(34,35)36/h3-32H2,1-2H3,(H2,34,35,36). The zero-order valence-electron chi connectivity index (χ0n) is 25.8. The number of nitrogens with zero attached hydrogens (tertiary/aromatic N) is 1. The maximum atomic E-state index is 10.6. The van der Waals surface area contributed by atoms with Crippen molar-refractivity contribution in [2.75, 3.05) is 26.2 Å². The lowest BCUT2D eigenvalue weighted by Gasteiger charge is -2.22. The minimum atomic E-state index is -4.28. The van der Waals surface area contributed by atoms with Crippen LogP contribution in [0.4, 0.5) is 0 Å². The number of unbranched alkanes of at least 4 members (excludes halogenated alkanes) is 23. The van der Waals surface area contributed by atoms with Gasteiger partial charge in [0.1, 0.15) is 0 Å². The van der Waals surface area contributed by atoms with Gasteiger partial charge in [-0.15, -0.1) is 0 Å². The Balaban J connectivity index is 3.82. The fourth-order valence-corrected chi connectivity index (χ4v) is 5.68. The molecule has 0 aromatic rings. The molecule has 0 amide bonds. The van der Waals surface area contributed by atoms with E-state index in [-0.39, 0.29) is 6.61 Å². The van der Waals surface area contributed by atoms with Crippen LogP contribution in [0.15, 0.2) is 0 Å². The van der Waals surface area contributed by atoms with Crippen LogP contribution in [0.25, 0.3) is 0 Å². The maximum Gasteiger partial charge on any atom is 0.469 e. The first-order valence-electron chi connectivity index (χ1n) is 16.9. The molecule has 0 aromatic carbocycles. The molecule has 6 heteroatoms. The Kier molecular flexibility index (Phi) is 30.1.